The lowest BCUT2D eigenvalue weighted by Crippen LogP contribution is -2.38. The summed E-state index contributed by atoms with van der Waals surface area (Å²) in [6.45, 7) is 1.84. The van der Waals surface area contributed by atoms with Crippen LogP contribution in [-0.4, -0.2) is 49.2 Å². The van der Waals surface area contributed by atoms with E-state index < -0.39 is 5.97 Å². The Morgan fingerprint density at radius 2 is 2.26 bits per heavy atom. The average molecular weight is 283 g/mol. The lowest BCUT2D eigenvalue weighted by molar-refractivity contribution is 0.0697. The number of anilines is 1. The Balaban J connectivity index is 2.32. The van der Waals surface area contributed by atoms with E-state index in [2.05, 4.69) is 9.80 Å². The van der Waals surface area contributed by atoms with Gasteiger partial charge in [-0.3, -0.25) is 0 Å². The first-order valence-corrected chi connectivity index (χ1v) is 6.81. The fourth-order valence-corrected chi connectivity index (χ4v) is 2.87. The zero-order chi connectivity index (χ0) is 14.0. The molecule has 0 amide bonds. The minimum Gasteiger partial charge on any atom is -0.478 e. The predicted molar refractivity (Wildman–Crippen MR) is 77.3 cm³/mol. The average Bonchev–Trinajstić information content (AvgIpc) is 2.76. The number of hydrogen-bond acceptors (Lipinski definition) is 3. The molecule has 1 N–H and O–H groups in total. The van der Waals surface area contributed by atoms with E-state index in [1.54, 1.807) is 6.07 Å². The molecular formula is C14H19ClN2O2. The highest BCUT2D eigenvalue weighted by molar-refractivity contribution is 6.31. The van der Waals surface area contributed by atoms with Crippen LogP contribution in [0.5, 0.6) is 0 Å². The van der Waals surface area contributed by atoms with Gasteiger partial charge in [0.15, 0.2) is 0 Å². The fourth-order valence-electron chi connectivity index (χ4n) is 2.69. The van der Waals surface area contributed by atoms with Gasteiger partial charge in [-0.25, -0.2) is 4.79 Å². The second kappa shape index (κ2) is 5.80. The topological polar surface area (TPSA) is 43.8 Å². The number of hydrogen-bond donors (Lipinski definition) is 1. The summed E-state index contributed by atoms with van der Waals surface area (Å²) in [5.74, 6) is -0.923. The minimum atomic E-state index is -0.923. The summed E-state index contributed by atoms with van der Waals surface area (Å²) in [6, 6.07) is 5.48. The van der Waals surface area contributed by atoms with E-state index in [0.717, 1.165) is 31.6 Å². The Morgan fingerprint density at radius 3 is 2.89 bits per heavy atom. The quantitative estimate of drug-likeness (QED) is 0.922. The van der Waals surface area contributed by atoms with Crippen LogP contribution in [0.4, 0.5) is 5.69 Å². The van der Waals surface area contributed by atoms with Crippen LogP contribution in [-0.2, 0) is 0 Å². The maximum Gasteiger partial charge on any atom is 0.337 e. The molecule has 1 aromatic carbocycles. The summed E-state index contributed by atoms with van der Waals surface area (Å²) >= 11 is 5.90. The van der Waals surface area contributed by atoms with Gasteiger partial charge in [-0.15, -0.1) is 0 Å². The lowest BCUT2D eigenvalue weighted by Gasteiger charge is -2.30. The van der Waals surface area contributed by atoms with Crippen molar-refractivity contribution >= 4 is 23.3 Å². The largest absolute Gasteiger partial charge is 0.478 e. The van der Waals surface area contributed by atoms with Gasteiger partial charge in [0, 0.05) is 24.2 Å². The molecule has 0 spiro atoms. The minimum absolute atomic E-state index is 0.290. The summed E-state index contributed by atoms with van der Waals surface area (Å²) in [4.78, 5) is 15.7. The van der Waals surface area contributed by atoms with Crippen molar-refractivity contribution in [3.8, 4) is 0 Å². The molecule has 1 fully saturated rings. The highest BCUT2D eigenvalue weighted by atomic mass is 35.5. The molecule has 2 rings (SSSR count). The predicted octanol–water partition coefficient (Wildman–Crippen LogP) is 2.57. The smallest absolute Gasteiger partial charge is 0.337 e. The first-order chi connectivity index (χ1) is 8.99. The van der Waals surface area contributed by atoms with Crippen molar-refractivity contribution in [3.63, 3.8) is 0 Å². The number of halogens is 1. The molecule has 19 heavy (non-hydrogen) atoms. The molecule has 5 heteroatoms. The fraction of sp³-hybridized carbons (Fsp3) is 0.500. The van der Waals surface area contributed by atoms with Crippen LogP contribution in [0, 0.1) is 0 Å². The third kappa shape index (κ3) is 3.19. The molecule has 0 radical (unpaired) electrons. The van der Waals surface area contributed by atoms with Crippen LogP contribution in [0.3, 0.4) is 0 Å². The highest BCUT2D eigenvalue weighted by Gasteiger charge is 2.28. The Bertz CT molecular complexity index is 477. The molecule has 1 aromatic rings. The number of carboxylic acid groups (broad SMARTS) is 1. The molecule has 0 bridgehead atoms. The summed E-state index contributed by atoms with van der Waals surface area (Å²) < 4.78 is 0. The van der Waals surface area contributed by atoms with E-state index >= 15 is 0 Å². The van der Waals surface area contributed by atoms with Gasteiger partial charge in [0.1, 0.15) is 0 Å². The van der Waals surface area contributed by atoms with E-state index in [4.69, 9.17) is 11.6 Å². The van der Waals surface area contributed by atoms with Gasteiger partial charge in [-0.05, 0) is 45.1 Å². The molecular weight excluding hydrogens is 264 g/mol. The summed E-state index contributed by atoms with van der Waals surface area (Å²) in [5, 5.41) is 9.79. The van der Waals surface area contributed by atoms with Crippen LogP contribution in [0.1, 0.15) is 23.2 Å². The van der Waals surface area contributed by atoms with E-state index in [1.807, 2.05) is 20.2 Å². The number of carboxylic acids is 1. The number of nitrogens with zero attached hydrogens (tertiary/aromatic N) is 2. The van der Waals surface area contributed by atoms with Crippen molar-refractivity contribution in [1.82, 2.24) is 4.90 Å². The Labute approximate surface area is 118 Å². The van der Waals surface area contributed by atoms with Crippen LogP contribution in [0.25, 0.3) is 0 Å². The Hall–Kier alpha value is -1.26. The third-order valence-electron chi connectivity index (χ3n) is 3.45. The third-order valence-corrected chi connectivity index (χ3v) is 3.69. The zero-order valence-corrected chi connectivity index (χ0v) is 12.0. The highest BCUT2D eigenvalue weighted by Crippen LogP contribution is 2.30. The summed E-state index contributed by atoms with van der Waals surface area (Å²) in [6.07, 6.45) is 2.19. The van der Waals surface area contributed by atoms with Crippen molar-refractivity contribution in [2.75, 3.05) is 32.1 Å². The van der Waals surface area contributed by atoms with Crippen molar-refractivity contribution in [3.05, 3.63) is 28.8 Å². The molecule has 1 atom stereocenters. The van der Waals surface area contributed by atoms with Crippen LogP contribution in [0.15, 0.2) is 18.2 Å². The molecule has 0 saturated carbocycles. The Kier molecular flexibility index (Phi) is 4.32. The van der Waals surface area contributed by atoms with Crippen molar-refractivity contribution in [2.45, 2.75) is 18.9 Å². The maximum atomic E-state index is 11.4. The summed E-state index contributed by atoms with van der Waals surface area (Å²) in [5.41, 5.74) is 1.07. The standard InChI is InChI=1S/C14H19ClN2O2/c1-16(2)9-11-4-3-7-17(11)13-6-5-10(15)8-12(13)14(18)19/h5-6,8,11H,3-4,7,9H2,1-2H3,(H,18,19). The van der Waals surface area contributed by atoms with Gasteiger partial charge in [-0.2, -0.15) is 0 Å². The monoisotopic (exact) mass is 282 g/mol. The van der Waals surface area contributed by atoms with Crippen LogP contribution >= 0.6 is 11.6 Å². The second-order valence-corrected chi connectivity index (χ2v) is 5.65. The van der Waals surface area contributed by atoms with Gasteiger partial charge in [0.2, 0.25) is 0 Å². The number of carbonyl (C=O) groups is 1. The lowest BCUT2D eigenvalue weighted by atomic mass is 10.1. The van der Waals surface area contributed by atoms with E-state index in [-0.39, 0.29) is 5.56 Å². The van der Waals surface area contributed by atoms with Crippen LogP contribution in [0.2, 0.25) is 5.02 Å². The van der Waals surface area contributed by atoms with E-state index in [0.29, 0.717) is 11.1 Å². The molecule has 0 aliphatic carbocycles. The van der Waals surface area contributed by atoms with E-state index in [1.165, 1.54) is 6.07 Å². The van der Waals surface area contributed by atoms with Crippen LogP contribution < -0.4 is 4.90 Å². The van der Waals surface area contributed by atoms with E-state index in [9.17, 15) is 9.90 Å². The van der Waals surface area contributed by atoms with Gasteiger partial charge >= 0.3 is 5.97 Å². The zero-order valence-electron chi connectivity index (χ0n) is 11.3. The molecule has 4 nitrogen and oxygen atoms in total. The van der Waals surface area contributed by atoms with Crippen molar-refractivity contribution < 1.29 is 9.90 Å². The first kappa shape index (κ1) is 14.2. The number of benzene rings is 1. The molecule has 1 aliphatic rings. The molecule has 1 unspecified atom stereocenters. The normalized spacial score (nSPS) is 19.2. The number of rotatable bonds is 4. The maximum absolute atomic E-state index is 11.4. The van der Waals surface area contributed by atoms with Gasteiger partial charge < -0.3 is 14.9 Å². The SMILES string of the molecule is CN(C)CC1CCCN1c1ccc(Cl)cc1C(=O)O. The second-order valence-electron chi connectivity index (χ2n) is 5.22. The molecule has 1 aliphatic heterocycles. The number of aromatic carboxylic acids is 1. The summed E-state index contributed by atoms with van der Waals surface area (Å²) in [7, 11) is 4.08. The van der Waals surface area contributed by atoms with Gasteiger partial charge in [-0.1, -0.05) is 11.6 Å². The number of likely N-dealkylation sites (N-methyl/N-ethyl adjacent to an activating group) is 1. The van der Waals surface area contributed by atoms with Gasteiger partial charge in [0.05, 0.1) is 11.3 Å². The molecule has 0 aromatic heterocycles. The van der Waals surface area contributed by atoms with Crippen molar-refractivity contribution in [2.24, 2.45) is 0 Å². The molecule has 1 heterocycles. The van der Waals surface area contributed by atoms with Gasteiger partial charge in [0.25, 0.3) is 0 Å². The molecule has 1 saturated heterocycles. The van der Waals surface area contributed by atoms with Crippen molar-refractivity contribution in [1.29, 1.82) is 0 Å². The Morgan fingerprint density at radius 1 is 1.53 bits per heavy atom. The molecule has 104 valence electrons. The first-order valence-electron chi connectivity index (χ1n) is 6.43.